The van der Waals surface area contributed by atoms with E-state index >= 15 is 0 Å². The lowest BCUT2D eigenvalue weighted by Gasteiger charge is -2.36. The zero-order valence-corrected chi connectivity index (χ0v) is 16.5. The molecule has 0 spiro atoms. The Morgan fingerprint density at radius 1 is 0.893 bits per heavy atom. The van der Waals surface area contributed by atoms with Gasteiger partial charge in [-0.3, -0.25) is 14.5 Å². The van der Waals surface area contributed by atoms with E-state index in [0.717, 1.165) is 39.1 Å². The van der Waals surface area contributed by atoms with E-state index in [1.165, 1.54) is 5.69 Å². The van der Waals surface area contributed by atoms with Crippen molar-refractivity contribution >= 4 is 17.4 Å². The summed E-state index contributed by atoms with van der Waals surface area (Å²) in [7, 11) is 1.83. The second-order valence-electron chi connectivity index (χ2n) is 7.67. The topological polar surface area (TPSA) is 48.8 Å². The summed E-state index contributed by atoms with van der Waals surface area (Å²) in [4.78, 5) is 31.9. The third-order valence-corrected chi connectivity index (χ3v) is 5.86. The minimum Gasteiger partial charge on any atom is -0.369 e. The number of para-hydroxylation sites is 1. The molecule has 148 valence electrons. The van der Waals surface area contributed by atoms with Gasteiger partial charge in [0.1, 0.15) is 0 Å². The number of ketones is 1. The average molecular weight is 380 g/mol. The van der Waals surface area contributed by atoms with E-state index in [2.05, 4.69) is 40.1 Å². The molecule has 1 amide bonds. The van der Waals surface area contributed by atoms with Crippen molar-refractivity contribution < 1.29 is 9.59 Å². The van der Waals surface area contributed by atoms with Crippen LogP contribution >= 0.6 is 0 Å². The highest BCUT2D eigenvalue weighted by Crippen LogP contribution is 2.20. The van der Waals surface area contributed by atoms with Gasteiger partial charge in [0.15, 0.2) is 5.78 Å². The third-order valence-electron chi connectivity index (χ3n) is 5.86. The van der Waals surface area contributed by atoms with Crippen LogP contribution in [-0.4, -0.2) is 71.9 Å². The highest BCUT2D eigenvalue weighted by Gasteiger charge is 2.29. The van der Waals surface area contributed by atoms with Crippen LogP contribution in [0.2, 0.25) is 0 Å². The van der Waals surface area contributed by atoms with Gasteiger partial charge in [-0.1, -0.05) is 18.2 Å². The number of hydrogen-bond acceptors (Lipinski definition) is 4. The molecule has 1 saturated heterocycles. The Hall–Kier alpha value is -2.60. The van der Waals surface area contributed by atoms with Gasteiger partial charge < -0.3 is 14.4 Å². The van der Waals surface area contributed by atoms with Crippen LogP contribution in [0.5, 0.6) is 0 Å². The number of nitrogens with zero attached hydrogens (tertiary/aromatic N) is 4. The Balaban J connectivity index is 1.27. The number of benzene rings is 1. The number of aromatic nitrogens is 1. The molecular weight excluding hydrogens is 352 g/mol. The summed E-state index contributed by atoms with van der Waals surface area (Å²) in [5.74, 6) is 0.0609. The molecule has 3 heterocycles. The molecular formula is C22H28N4O2. The molecule has 0 aliphatic carbocycles. The summed E-state index contributed by atoms with van der Waals surface area (Å²) in [5, 5.41) is 0. The number of aryl methyl sites for hydroxylation is 1. The predicted molar refractivity (Wildman–Crippen MR) is 110 cm³/mol. The van der Waals surface area contributed by atoms with E-state index < -0.39 is 0 Å². The van der Waals surface area contributed by atoms with Crippen molar-refractivity contribution in [2.24, 2.45) is 7.05 Å². The minimum absolute atomic E-state index is 0.00431. The molecule has 6 nitrogen and oxygen atoms in total. The van der Waals surface area contributed by atoms with Crippen LogP contribution in [0.4, 0.5) is 5.69 Å². The van der Waals surface area contributed by atoms with Gasteiger partial charge in [-0.25, -0.2) is 0 Å². The zero-order chi connectivity index (χ0) is 19.5. The lowest BCUT2D eigenvalue weighted by atomic mass is 10.1. The van der Waals surface area contributed by atoms with Crippen LogP contribution in [0.3, 0.4) is 0 Å². The summed E-state index contributed by atoms with van der Waals surface area (Å²) in [6.07, 6.45) is 3.15. The van der Waals surface area contributed by atoms with Gasteiger partial charge in [0.25, 0.3) is 5.91 Å². The summed E-state index contributed by atoms with van der Waals surface area (Å²) in [6, 6.07) is 12.3. The maximum atomic E-state index is 12.8. The molecule has 1 fully saturated rings. The normalized spacial score (nSPS) is 18.3. The Morgan fingerprint density at radius 2 is 1.64 bits per heavy atom. The van der Waals surface area contributed by atoms with Crippen molar-refractivity contribution in [3.05, 3.63) is 53.9 Å². The van der Waals surface area contributed by atoms with Crippen LogP contribution in [0.1, 0.15) is 33.7 Å². The number of amides is 1. The second kappa shape index (κ2) is 8.19. The average Bonchev–Trinajstić information content (AvgIpc) is 3.07. The van der Waals surface area contributed by atoms with Crippen molar-refractivity contribution in [2.75, 3.05) is 50.7 Å². The van der Waals surface area contributed by atoms with Gasteiger partial charge in [0.05, 0.1) is 11.3 Å². The molecule has 2 aromatic rings. The first kappa shape index (κ1) is 18.7. The fraction of sp³-hybridized carbons (Fsp3) is 0.455. The number of piperazine rings is 1. The molecule has 0 atom stereocenters. The minimum atomic E-state index is -0.00431. The van der Waals surface area contributed by atoms with E-state index in [4.69, 9.17) is 0 Å². The molecule has 0 saturated carbocycles. The van der Waals surface area contributed by atoms with E-state index in [1.54, 1.807) is 16.8 Å². The van der Waals surface area contributed by atoms with E-state index in [-0.39, 0.29) is 11.7 Å². The third kappa shape index (κ3) is 3.83. The number of anilines is 1. The van der Waals surface area contributed by atoms with E-state index in [1.807, 2.05) is 11.9 Å². The van der Waals surface area contributed by atoms with Crippen LogP contribution in [0.15, 0.2) is 42.6 Å². The summed E-state index contributed by atoms with van der Waals surface area (Å²) in [6.45, 7) is 6.38. The predicted octanol–water partition coefficient (Wildman–Crippen LogP) is 2.27. The molecule has 2 aliphatic rings. The molecule has 1 aromatic heterocycles. The van der Waals surface area contributed by atoms with E-state index in [9.17, 15) is 9.59 Å². The van der Waals surface area contributed by atoms with Gasteiger partial charge >= 0.3 is 0 Å². The summed E-state index contributed by atoms with van der Waals surface area (Å²) >= 11 is 0. The number of carbonyl (C=O) groups excluding carboxylic acids is 2. The second-order valence-corrected chi connectivity index (χ2v) is 7.67. The Labute approximate surface area is 166 Å². The van der Waals surface area contributed by atoms with E-state index in [0.29, 0.717) is 30.8 Å². The van der Waals surface area contributed by atoms with Crippen LogP contribution < -0.4 is 4.90 Å². The van der Waals surface area contributed by atoms with Crippen molar-refractivity contribution in [3.8, 4) is 0 Å². The van der Waals surface area contributed by atoms with Crippen LogP contribution in [-0.2, 0) is 7.05 Å². The Morgan fingerprint density at radius 3 is 2.39 bits per heavy atom. The monoisotopic (exact) mass is 380 g/mol. The highest BCUT2D eigenvalue weighted by molar-refractivity contribution is 6.08. The first-order valence-electron chi connectivity index (χ1n) is 10.1. The Bertz CT molecular complexity index is 837. The SMILES string of the molecule is Cn1ccc2c1C(=O)CCN(CCCN1CCN(c3ccccc3)CC1)C2=O. The molecule has 28 heavy (non-hydrogen) atoms. The van der Waals surface area contributed by atoms with Crippen molar-refractivity contribution in [3.63, 3.8) is 0 Å². The fourth-order valence-corrected chi connectivity index (χ4v) is 4.24. The van der Waals surface area contributed by atoms with Crippen LogP contribution in [0.25, 0.3) is 0 Å². The smallest absolute Gasteiger partial charge is 0.256 e. The standard InChI is InChI=1S/C22H28N4O2/c1-23-12-8-19-21(23)20(27)9-13-26(22(19)28)11-5-10-24-14-16-25(17-15-24)18-6-3-2-4-7-18/h2-4,6-8,12H,5,9-11,13-17H2,1H3. The lowest BCUT2D eigenvalue weighted by Crippen LogP contribution is -2.47. The highest BCUT2D eigenvalue weighted by atomic mass is 16.2. The van der Waals surface area contributed by atoms with Crippen molar-refractivity contribution in [2.45, 2.75) is 12.8 Å². The molecule has 0 N–H and O–H groups in total. The summed E-state index contributed by atoms with van der Waals surface area (Å²) < 4.78 is 1.77. The quantitative estimate of drug-likeness (QED) is 0.798. The first-order valence-corrected chi connectivity index (χ1v) is 10.1. The molecule has 0 bridgehead atoms. The van der Waals surface area contributed by atoms with Gasteiger partial charge in [-0.15, -0.1) is 0 Å². The molecule has 1 aromatic carbocycles. The van der Waals surface area contributed by atoms with Gasteiger partial charge in [-0.05, 0) is 31.2 Å². The number of hydrogen-bond donors (Lipinski definition) is 0. The largest absolute Gasteiger partial charge is 0.369 e. The fourth-order valence-electron chi connectivity index (χ4n) is 4.24. The van der Waals surface area contributed by atoms with Gasteiger partial charge in [0.2, 0.25) is 0 Å². The lowest BCUT2D eigenvalue weighted by molar-refractivity contribution is 0.0750. The number of Topliss-reactive ketones (excluding diaryl/α,β-unsaturated/α-hetero) is 1. The molecule has 2 aliphatic heterocycles. The number of carbonyl (C=O) groups is 2. The van der Waals surface area contributed by atoms with Crippen LogP contribution in [0, 0.1) is 0 Å². The molecule has 6 heteroatoms. The molecule has 0 unspecified atom stereocenters. The van der Waals surface area contributed by atoms with Crippen molar-refractivity contribution in [1.29, 1.82) is 0 Å². The van der Waals surface area contributed by atoms with Gasteiger partial charge in [-0.2, -0.15) is 0 Å². The number of fused-ring (bicyclic) bond motifs is 1. The molecule has 4 rings (SSSR count). The Kier molecular flexibility index (Phi) is 5.48. The van der Waals surface area contributed by atoms with Gasteiger partial charge in [0, 0.05) is 64.6 Å². The maximum Gasteiger partial charge on any atom is 0.256 e. The first-order chi connectivity index (χ1) is 13.6. The molecule has 0 radical (unpaired) electrons. The van der Waals surface area contributed by atoms with Crippen molar-refractivity contribution in [1.82, 2.24) is 14.4 Å². The number of rotatable bonds is 5. The zero-order valence-electron chi connectivity index (χ0n) is 16.5. The maximum absolute atomic E-state index is 12.8. The summed E-state index contributed by atoms with van der Waals surface area (Å²) in [5.41, 5.74) is 2.41.